The Morgan fingerprint density at radius 1 is 1.24 bits per heavy atom. The van der Waals surface area contributed by atoms with Crippen molar-refractivity contribution >= 4 is 12.0 Å². The van der Waals surface area contributed by atoms with E-state index in [-0.39, 0.29) is 6.04 Å². The summed E-state index contributed by atoms with van der Waals surface area (Å²) < 4.78 is 0. The van der Waals surface area contributed by atoms with Gasteiger partial charge in [-0.2, -0.15) is 0 Å². The monoisotopic (exact) mass is 277 g/mol. The third-order valence-corrected chi connectivity index (χ3v) is 4.12. The summed E-state index contributed by atoms with van der Waals surface area (Å²) in [4.78, 5) is 13.6. The molecule has 0 saturated heterocycles. The predicted molar refractivity (Wildman–Crippen MR) is 86.6 cm³/mol. The zero-order chi connectivity index (χ0) is 14.8. The Bertz CT molecular complexity index is 675. The molecule has 0 bridgehead atoms. The maximum Gasteiger partial charge on any atom is 0.147 e. The Kier molecular flexibility index (Phi) is 3.61. The van der Waals surface area contributed by atoms with Gasteiger partial charge in [-0.25, -0.2) is 0 Å². The van der Waals surface area contributed by atoms with Crippen molar-refractivity contribution in [1.29, 1.82) is 0 Å². The Balaban J connectivity index is 2.11. The molecule has 1 unspecified atom stereocenters. The Morgan fingerprint density at radius 2 is 2.00 bits per heavy atom. The van der Waals surface area contributed by atoms with Gasteiger partial charge in [-0.3, -0.25) is 4.79 Å². The lowest BCUT2D eigenvalue weighted by molar-refractivity contribution is -0.105. The summed E-state index contributed by atoms with van der Waals surface area (Å²) >= 11 is 0. The molecule has 0 fully saturated rings. The normalized spacial score (nSPS) is 17.2. The van der Waals surface area contributed by atoms with Crippen molar-refractivity contribution in [2.45, 2.75) is 19.4 Å². The molecule has 21 heavy (non-hydrogen) atoms. The van der Waals surface area contributed by atoms with E-state index in [0.717, 1.165) is 24.9 Å². The highest BCUT2D eigenvalue weighted by Crippen LogP contribution is 2.37. The average molecular weight is 277 g/mol. The predicted octanol–water partition coefficient (Wildman–Crippen LogP) is 3.85. The van der Waals surface area contributed by atoms with Crippen LogP contribution in [0, 0.1) is 6.92 Å². The summed E-state index contributed by atoms with van der Waals surface area (Å²) in [6, 6.07) is 16.7. The third kappa shape index (κ3) is 2.49. The van der Waals surface area contributed by atoms with Gasteiger partial charge in [-0.05, 0) is 36.6 Å². The first-order valence-corrected chi connectivity index (χ1v) is 7.26. The number of aldehydes is 1. The van der Waals surface area contributed by atoms with Crippen LogP contribution in [-0.4, -0.2) is 12.8 Å². The first-order chi connectivity index (χ1) is 10.2. The largest absolute Gasteiger partial charge is 0.360 e. The molecule has 1 atom stereocenters. The molecule has 0 amide bonds. The van der Waals surface area contributed by atoms with Crippen molar-refractivity contribution in [3.63, 3.8) is 0 Å². The molecule has 0 aliphatic carbocycles. The van der Waals surface area contributed by atoms with Crippen molar-refractivity contribution in [2.24, 2.45) is 0 Å². The lowest BCUT2D eigenvalue weighted by Crippen LogP contribution is -2.36. The number of benzene rings is 2. The van der Waals surface area contributed by atoms with E-state index < -0.39 is 0 Å². The minimum atomic E-state index is -0.0615. The van der Waals surface area contributed by atoms with E-state index in [0.29, 0.717) is 5.57 Å². The van der Waals surface area contributed by atoms with Gasteiger partial charge in [0.25, 0.3) is 0 Å². The Morgan fingerprint density at radius 3 is 2.71 bits per heavy atom. The van der Waals surface area contributed by atoms with Gasteiger partial charge >= 0.3 is 0 Å². The molecule has 1 heterocycles. The van der Waals surface area contributed by atoms with Crippen LogP contribution in [0.15, 0.2) is 60.7 Å². The Labute approximate surface area is 125 Å². The van der Waals surface area contributed by atoms with Crippen LogP contribution in [0.3, 0.4) is 0 Å². The van der Waals surface area contributed by atoms with Gasteiger partial charge in [0, 0.05) is 17.8 Å². The fourth-order valence-corrected chi connectivity index (χ4v) is 3.10. The number of rotatable bonds is 3. The standard InChI is InChI=1S/C19H19NO/c1-14-8-9-16-10-11-20(17-6-4-3-5-7-17)19(15(2)13-21)18(16)12-14/h3-9,12-13,19H,2,10-11H2,1H3. The van der Waals surface area contributed by atoms with E-state index in [4.69, 9.17) is 0 Å². The highest BCUT2D eigenvalue weighted by molar-refractivity contribution is 5.77. The number of para-hydroxylation sites is 1. The lowest BCUT2D eigenvalue weighted by atomic mass is 9.87. The second kappa shape index (κ2) is 5.57. The van der Waals surface area contributed by atoms with Gasteiger partial charge < -0.3 is 4.90 Å². The average Bonchev–Trinajstić information content (AvgIpc) is 2.53. The smallest absolute Gasteiger partial charge is 0.147 e. The van der Waals surface area contributed by atoms with Gasteiger partial charge in [-0.1, -0.05) is 48.5 Å². The molecule has 1 aliphatic heterocycles. The summed E-state index contributed by atoms with van der Waals surface area (Å²) in [6.07, 6.45) is 1.88. The maximum absolute atomic E-state index is 11.3. The Hall–Kier alpha value is -2.35. The number of hydrogen-bond donors (Lipinski definition) is 0. The summed E-state index contributed by atoms with van der Waals surface area (Å²) in [6.45, 7) is 6.98. The molecule has 106 valence electrons. The molecular weight excluding hydrogens is 258 g/mol. The van der Waals surface area contributed by atoms with E-state index in [9.17, 15) is 4.79 Å². The van der Waals surface area contributed by atoms with Crippen molar-refractivity contribution in [3.8, 4) is 0 Å². The second-order valence-electron chi connectivity index (χ2n) is 5.58. The molecule has 0 spiro atoms. The molecule has 2 nitrogen and oxygen atoms in total. The van der Waals surface area contributed by atoms with Gasteiger partial charge in [0.1, 0.15) is 6.29 Å². The molecule has 2 aromatic carbocycles. The highest BCUT2D eigenvalue weighted by Gasteiger charge is 2.29. The fourth-order valence-electron chi connectivity index (χ4n) is 3.10. The quantitative estimate of drug-likeness (QED) is 0.627. The molecule has 2 aromatic rings. The van der Waals surface area contributed by atoms with Gasteiger partial charge in [0.15, 0.2) is 0 Å². The maximum atomic E-state index is 11.3. The molecular formula is C19H19NO. The number of carbonyl (C=O) groups excluding carboxylic acids is 1. The number of anilines is 1. The van der Waals surface area contributed by atoms with Crippen LogP contribution in [-0.2, 0) is 11.2 Å². The van der Waals surface area contributed by atoms with E-state index in [1.54, 1.807) is 0 Å². The summed E-state index contributed by atoms with van der Waals surface area (Å²) in [5.41, 5.74) is 5.50. The summed E-state index contributed by atoms with van der Waals surface area (Å²) in [5, 5.41) is 0. The minimum absolute atomic E-state index is 0.0615. The molecule has 2 heteroatoms. The first kappa shape index (κ1) is 13.6. The van der Waals surface area contributed by atoms with Crippen LogP contribution in [0.5, 0.6) is 0 Å². The van der Waals surface area contributed by atoms with Crippen LogP contribution >= 0.6 is 0 Å². The number of carbonyl (C=O) groups is 1. The van der Waals surface area contributed by atoms with E-state index in [2.05, 4.69) is 48.7 Å². The zero-order valence-electron chi connectivity index (χ0n) is 12.3. The number of hydrogen-bond acceptors (Lipinski definition) is 2. The van der Waals surface area contributed by atoms with Gasteiger partial charge in [0.05, 0.1) is 6.04 Å². The van der Waals surface area contributed by atoms with Crippen molar-refractivity contribution in [3.05, 3.63) is 77.4 Å². The summed E-state index contributed by atoms with van der Waals surface area (Å²) in [7, 11) is 0. The summed E-state index contributed by atoms with van der Waals surface area (Å²) in [5.74, 6) is 0. The van der Waals surface area contributed by atoms with E-state index in [1.807, 2.05) is 18.2 Å². The third-order valence-electron chi connectivity index (χ3n) is 4.12. The van der Waals surface area contributed by atoms with Crippen LogP contribution in [0.25, 0.3) is 0 Å². The molecule has 0 radical (unpaired) electrons. The van der Waals surface area contributed by atoms with Crippen LogP contribution in [0.2, 0.25) is 0 Å². The minimum Gasteiger partial charge on any atom is -0.360 e. The molecule has 0 N–H and O–H groups in total. The zero-order valence-corrected chi connectivity index (χ0v) is 12.3. The number of fused-ring (bicyclic) bond motifs is 1. The molecule has 0 saturated carbocycles. The van der Waals surface area contributed by atoms with Crippen LogP contribution in [0.4, 0.5) is 5.69 Å². The fraction of sp³-hybridized carbons (Fsp3) is 0.211. The first-order valence-electron chi connectivity index (χ1n) is 7.26. The molecule has 1 aliphatic rings. The molecule has 0 aromatic heterocycles. The van der Waals surface area contributed by atoms with Crippen LogP contribution in [0.1, 0.15) is 22.7 Å². The van der Waals surface area contributed by atoms with E-state index in [1.165, 1.54) is 16.7 Å². The lowest BCUT2D eigenvalue weighted by Gasteiger charge is -2.39. The second-order valence-corrected chi connectivity index (χ2v) is 5.58. The van der Waals surface area contributed by atoms with E-state index >= 15 is 0 Å². The topological polar surface area (TPSA) is 20.3 Å². The highest BCUT2D eigenvalue weighted by atomic mass is 16.1. The number of nitrogens with zero attached hydrogens (tertiary/aromatic N) is 1. The van der Waals surface area contributed by atoms with Gasteiger partial charge in [0.2, 0.25) is 0 Å². The van der Waals surface area contributed by atoms with Crippen molar-refractivity contribution < 1.29 is 4.79 Å². The van der Waals surface area contributed by atoms with Crippen molar-refractivity contribution in [2.75, 3.05) is 11.4 Å². The van der Waals surface area contributed by atoms with Gasteiger partial charge in [-0.15, -0.1) is 0 Å². The van der Waals surface area contributed by atoms with Crippen molar-refractivity contribution in [1.82, 2.24) is 0 Å². The number of aryl methyl sites for hydroxylation is 1. The molecule has 3 rings (SSSR count). The SMILES string of the molecule is C=C(C=O)C1c2cc(C)ccc2CCN1c1ccccc1. The van der Waals surface area contributed by atoms with Crippen LogP contribution < -0.4 is 4.90 Å².